The first-order chi connectivity index (χ1) is 9.15. The lowest BCUT2D eigenvalue weighted by Crippen LogP contribution is -2.17. The summed E-state index contributed by atoms with van der Waals surface area (Å²) >= 11 is 3.43. The highest BCUT2D eigenvalue weighted by Gasteiger charge is 2.15. The molecule has 2 aromatic rings. The average Bonchev–Trinajstić information content (AvgIpc) is 2.85. The second-order valence-electron chi connectivity index (χ2n) is 4.33. The third kappa shape index (κ3) is 3.16. The van der Waals surface area contributed by atoms with Gasteiger partial charge in [0.2, 0.25) is 0 Å². The maximum atomic E-state index is 6.29. The van der Waals surface area contributed by atoms with Crippen LogP contribution in [0, 0.1) is 0 Å². The number of nitrogens with two attached hydrogens (primary N) is 1. The van der Waals surface area contributed by atoms with Gasteiger partial charge >= 0.3 is 0 Å². The number of aromatic nitrogens is 2. The summed E-state index contributed by atoms with van der Waals surface area (Å²) in [7, 11) is 1.66. The van der Waals surface area contributed by atoms with Gasteiger partial charge in [-0.1, -0.05) is 22.0 Å². The summed E-state index contributed by atoms with van der Waals surface area (Å²) < 4.78 is 8.47. The van der Waals surface area contributed by atoms with E-state index in [9.17, 15) is 0 Å². The Morgan fingerprint density at radius 1 is 1.47 bits per heavy atom. The van der Waals surface area contributed by atoms with Gasteiger partial charge in [-0.2, -0.15) is 0 Å². The number of benzene rings is 1. The van der Waals surface area contributed by atoms with Crippen molar-refractivity contribution >= 4 is 15.9 Å². The van der Waals surface area contributed by atoms with Crippen LogP contribution >= 0.6 is 15.9 Å². The molecule has 0 saturated heterocycles. The van der Waals surface area contributed by atoms with E-state index in [1.54, 1.807) is 7.11 Å². The number of ether oxygens (including phenoxy) is 1. The van der Waals surface area contributed by atoms with Crippen LogP contribution in [-0.2, 0) is 13.0 Å². The number of hydrogen-bond donors (Lipinski definition) is 1. The smallest absolute Gasteiger partial charge is 0.124 e. The van der Waals surface area contributed by atoms with Crippen LogP contribution in [-0.4, -0.2) is 16.7 Å². The van der Waals surface area contributed by atoms with Gasteiger partial charge in [0.1, 0.15) is 11.6 Å². The normalized spacial score (nSPS) is 12.4. The molecule has 0 amide bonds. The first kappa shape index (κ1) is 14.1. The van der Waals surface area contributed by atoms with Crippen molar-refractivity contribution < 1.29 is 4.74 Å². The Kier molecular flexibility index (Phi) is 4.61. The van der Waals surface area contributed by atoms with Crippen molar-refractivity contribution in [3.8, 4) is 5.75 Å². The van der Waals surface area contributed by atoms with Crippen LogP contribution in [0.1, 0.15) is 24.4 Å². The van der Waals surface area contributed by atoms with Crippen LogP contribution in [0.3, 0.4) is 0 Å². The third-order valence-electron chi connectivity index (χ3n) is 3.14. The number of aryl methyl sites for hydroxylation is 1. The summed E-state index contributed by atoms with van der Waals surface area (Å²) in [6.45, 7) is 3.00. The summed E-state index contributed by atoms with van der Waals surface area (Å²) in [5.41, 5.74) is 7.28. The molecule has 1 aromatic carbocycles. The Balaban J connectivity index is 2.22. The predicted molar refractivity (Wildman–Crippen MR) is 79.2 cm³/mol. The van der Waals surface area contributed by atoms with Gasteiger partial charge in [0, 0.05) is 41.4 Å². The molecule has 0 bridgehead atoms. The minimum atomic E-state index is -0.129. The summed E-state index contributed by atoms with van der Waals surface area (Å²) in [6, 6.07) is 5.77. The van der Waals surface area contributed by atoms with E-state index in [4.69, 9.17) is 10.5 Å². The van der Waals surface area contributed by atoms with E-state index in [0.717, 1.165) is 28.2 Å². The van der Waals surface area contributed by atoms with Crippen molar-refractivity contribution in [2.24, 2.45) is 5.73 Å². The minimum absolute atomic E-state index is 0.129. The van der Waals surface area contributed by atoms with Gasteiger partial charge < -0.3 is 15.0 Å². The zero-order chi connectivity index (χ0) is 13.8. The number of methoxy groups -OCH3 is 1. The third-order valence-corrected chi connectivity index (χ3v) is 3.63. The number of halogens is 1. The maximum absolute atomic E-state index is 6.29. The molecule has 0 spiro atoms. The molecule has 0 aliphatic rings. The monoisotopic (exact) mass is 323 g/mol. The van der Waals surface area contributed by atoms with Crippen LogP contribution < -0.4 is 10.5 Å². The fourth-order valence-electron chi connectivity index (χ4n) is 2.12. The molecule has 0 radical (unpaired) electrons. The molecule has 1 unspecified atom stereocenters. The molecule has 2 rings (SSSR count). The van der Waals surface area contributed by atoms with E-state index in [1.165, 1.54) is 0 Å². The molecular formula is C14H18BrN3O. The van der Waals surface area contributed by atoms with Crippen molar-refractivity contribution in [3.63, 3.8) is 0 Å². The molecule has 0 fully saturated rings. The van der Waals surface area contributed by atoms with Gasteiger partial charge in [-0.25, -0.2) is 4.98 Å². The molecule has 19 heavy (non-hydrogen) atoms. The first-order valence-corrected chi connectivity index (χ1v) is 7.04. The van der Waals surface area contributed by atoms with Gasteiger partial charge in [-0.3, -0.25) is 0 Å². The Bertz CT molecular complexity index is 553. The number of hydrogen-bond acceptors (Lipinski definition) is 3. The minimum Gasteiger partial charge on any atom is -0.496 e. The maximum Gasteiger partial charge on any atom is 0.124 e. The van der Waals surface area contributed by atoms with E-state index >= 15 is 0 Å². The summed E-state index contributed by atoms with van der Waals surface area (Å²) in [5.74, 6) is 1.80. The Hall–Kier alpha value is -1.33. The van der Waals surface area contributed by atoms with Gasteiger partial charge in [-0.15, -0.1) is 0 Å². The van der Waals surface area contributed by atoms with Crippen molar-refractivity contribution in [1.82, 2.24) is 9.55 Å². The molecule has 1 atom stereocenters. The van der Waals surface area contributed by atoms with Crippen LogP contribution in [0.25, 0.3) is 0 Å². The lowest BCUT2D eigenvalue weighted by molar-refractivity contribution is 0.404. The van der Waals surface area contributed by atoms with E-state index in [-0.39, 0.29) is 6.04 Å². The molecule has 4 nitrogen and oxygen atoms in total. The number of rotatable bonds is 5. The molecule has 0 saturated carbocycles. The van der Waals surface area contributed by atoms with Gasteiger partial charge in [0.15, 0.2) is 0 Å². The fraction of sp³-hybridized carbons (Fsp3) is 0.357. The molecule has 2 N–H and O–H groups in total. The number of imidazole rings is 1. The molecular weight excluding hydrogens is 306 g/mol. The van der Waals surface area contributed by atoms with Crippen molar-refractivity contribution in [2.45, 2.75) is 25.9 Å². The topological polar surface area (TPSA) is 53.1 Å². The average molecular weight is 324 g/mol. The molecule has 0 aliphatic carbocycles. The van der Waals surface area contributed by atoms with Crippen molar-refractivity contribution in [3.05, 3.63) is 46.5 Å². The van der Waals surface area contributed by atoms with Gasteiger partial charge in [-0.05, 0) is 19.1 Å². The van der Waals surface area contributed by atoms with E-state index in [1.807, 2.05) is 30.6 Å². The molecule has 102 valence electrons. The molecule has 1 heterocycles. The fourth-order valence-corrected chi connectivity index (χ4v) is 2.46. The Morgan fingerprint density at radius 2 is 2.26 bits per heavy atom. The number of nitrogens with zero attached hydrogens (tertiary/aromatic N) is 2. The zero-order valence-electron chi connectivity index (χ0n) is 11.1. The SMILES string of the molecule is CCn1ccnc1CC(N)c1ccc(Br)cc1OC. The standard InChI is InChI=1S/C14H18BrN3O/c1-3-18-7-6-17-14(18)9-12(16)11-5-4-10(15)8-13(11)19-2/h4-8,12H,3,9,16H2,1-2H3. The van der Waals surface area contributed by atoms with Crippen LogP contribution in [0.5, 0.6) is 5.75 Å². The van der Waals surface area contributed by atoms with Crippen LogP contribution in [0.15, 0.2) is 35.1 Å². The largest absolute Gasteiger partial charge is 0.496 e. The van der Waals surface area contributed by atoms with Crippen LogP contribution in [0.2, 0.25) is 0 Å². The van der Waals surface area contributed by atoms with E-state index in [2.05, 4.69) is 32.4 Å². The summed E-state index contributed by atoms with van der Waals surface area (Å²) in [6.07, 6.45) is 4.48. The second-order valence-corrected chi connectivity index (χ2v) is 5.24. The lowest BCUT2D eigenvalue weighted by atomic mass is 10.0. The second kappa shape index (κ2) is 6.21. The zero-order valence-corrected chi connectivity index (χ0v) is 12.7. The summed E-state index contributed by atoms with van der Waals surface area (Å²) in [5, 5.41) is 0. The van der Waals surface area contributed by atoms with Gasteiger partial charge in [0.25, 0.3) is 0 Å². The summed E-state index contributed by atoms with van der Waals surface area (Å²) in [4.78, 5) is 4.36. The highest BCUT2D eigenvalue weighted by molar-refractivity contribution is 9.10. The van der Waals surface area contributed by atoms with Gasteiger partial charge in [0.05, 0.1) is 7.11 Å². The highest BCUT2D eigenvalue weighted by Crippen LogP contribution is 2.28. The highest BCUT2D eigenvalue weighted by atomic mass is 79.9. The Morgan fingerprint density at radius 3 is 2.95 bits per heavy atom. The molecule has 0 aliphatic heterocycles. The first-order valence-electron chi connectivity index (χ1n) is 6.24. The van der Waals surface area contributed by atoms with Crippen LogP contribution in [0.4, 0.5) is 0 Å². The molecule has 1 aromatic heterocycles. The molecule has 5 heteroatoms. The van der Waals surface area contributed by atoms with E-state index in [0.29, 0.717) is 6.42 Å². The quantitative estimate of drug-likeness (QED) is 0.920. The Labute approximate surface area is 121 Å². The predicted octanol–water partition coefficient (Wildman–Crippen LogP) is 2.92. The van der Waals surface area contributed by atoms with Crippen molar-refractivity contribution in [1.29, 1.82) is 0 Å². The van der Waals surface area contributed by atoms with Crippen molar-refractivity contribution in [2.75, 3.05) is 7.11 Å². The van der Waals surface area contributed by atoms with E-state index < -0.39 is 0 Å². The lowest BCUT2D eigenvalue weighted by Gasteiger charge is -2.16.